The highest BCUT2D eigenvalue weighted by atomic mass is 16.3. The molecule has 3 aromatic rings. The van der Waals surface area contributed by atoms with Gasteiger partial charge in [0, 0.05) is 23.7 Å². The lowest BCUT2D eigenvalue weighted by atomic mass is 10.0. The molecule has 3 N–H and O–H groups in total. The minimum Gasteiger partial charge on any atom is -0.505 e. The Balaban J connectivity index is 1.96. The second-order valence-electron chi connectivity index (χ2n) is 6.61. The fourth-order valence-corrected chi connectivity index (χ4v) is 3.14. The lowest BCUT2D eigenvalue weighted by molar-refractivity contribution is -0.121. The van der Waals surface area contributed by atoms with E-state index in [0.29, 0.717) is 29.4 Å². The first-order valence-corrected chi connectivity index (χ1v) is 9.30. The van der Waals surface area contributed by atoms with E-state index in [4.69, 9.17) is 0 Å². The summed E-state index contributed by atoms with van der Waals surface area (Å²) < 4.78 is 0. The molecule has 0 saturated heterocycles. The highest BCUT2D eigenvalue weighted by molar-refractivity contribution is 6.01. The maximum Gasteiger partial charge on any atom is 0.242 e. The highest BCUT2D eigenvalue weighted by Crippen LogP contribution is 2.39. The SMILES string of the molecule is CCCNC(=O)C(Cc1ccccc1)Nc1cc(N=O)c2ccccc2c1O. The minimum atomic E-state index is -0.611. The summed E-state index contributed by atoms with van der Waals surface area (Å²) >= 11 is 0. The molecule has 0 heterocycles. The fraction of sp³-hybridized carbons (Fsp3) is 0.227. The number of amides is 1. The van der Waals surface area contributed by atoms with Crippen molar-refractivity contribution in [1.29, 1.82) is 0 Å². The van der Waals surface area contributed by atoms with E-state index in [0.717, 1.165) is 12.0 Å². The van der Waals surface area contributed by atoms with Gasteiger partial charge in [-0.25, -0.2) is 0 Å². The van der Waals surface area contributed by atoms with Crippen LogP contribution in [-0.4, -0.2) is 23.6 Å². The molecule has 0 aliphatic carbocycles. The van der Waals surface area contributed by atoms with Crippen LogP contribution >= 0.6 is 0 Å². The molecule has 1 unspecified atom stereocenters. The summed E-state index contributed by atoms with van der Waals surface area (Å²) in [7, 11) is 0. The number of hydrogen-bond acceptors (Lipinski definition) is 5. The van der Waals surface area contributed by atoms with Crippen LogP contribution in [-0.2, 0) is 11.2 Å². The van der Waals surface area contributed by atoms with E-state index >= 15 is 0 Å². The van der Waals surface area contributed by atoms with E-state index in [1.54, 1.807) is 24.3 Å². The molecule has 6 heteroatoms. The lowest BCUT2D eigenvalue weighted by Gasteiger charge is -2.21. The number of aromatic hydroxyl groups is 1. The normalized spacial score (nSPS) is 11.8. The number of nitrogens with zero attached hydrogens (tertiary/aromatic N) is 1. The van der Waals surface area contributed by atoms with Crippen LogP contribution in [0.3, 0.4) is 0 Å². The summed E-state index contributed by atoms with van der Waals surface area (Å²) in [6, 6.07) is 17.5. The number of phenolic OH excluding ortho intramolecular Hbond substituents is 1. The zero-order valence-electron chi connectivity index (χ0n) is 15.7. The highest BCUT2D eigenvalue weighted by Gasteiger charge is 2.21. The molecule has 28 heavy (non-hydrogen) atoms. The first-order valence-electron chi connectivity index (χ1n) is 9.30. The van der Waals surface area contributed by atoms with Gasteiger partial charge in [-0.3, -0.25) is 4.79 Å². The standard InChI is InChI=1S/C22H23N3O3/c1-2-12-23-22(27)20(13-15-8-4-3-5-9-15)24-19-14-18(25-28)16-10-6-7-11-17(16)21(19)26/h3-11,14,20,24,26H,2,12-13H2,1H3,(H,23,27). The van der Waals surface area contributed by atoms with Gasteiger partial charge in [0.05, 0.1) is 5.69 Å². The van der Waals surface area contributed by atoms with Crippen molar-refractivity contribution in [3.63, 3.8) is 0 Å². The van der Waals surface area contributed by atoms with E-state index in [1.807, 2.05) is 37.3 Å². The first kappa shape index (κ1) is 19.4. The Hall–Kier alpha value is -3.41. The van der Waals surface area contributed by atoms with Crippen LogP contribution in [0, 0.1) is 4.91 Å². The number of hydrogen-bond donors (Lipinski definition) is 3. The van der Waals surface area contributed by atoms with Gasteiger partial charge in [0.2, 0.25) is 5.91 Å². The van der Waals surface area contributed by atoms with Crippen molar-refractivity contribution < 1.29 is 9.90 Å². The Bertz CT molecular complexity index is 973. The molecule has 1 atom stereocenters. The second kappa shape index (κ2) is 8.99. The quantitative estimate of drug-likeness (QED) is 0.398. The molecule has 0 bridgehead atoms. The number of carbonyl (C=O) groups excluding carboxylic acids is 1. The van der Waals surface area contributed by atoms with Crippen molar-refractivity contribution in [3.8, 4) is 5.75 Å². The number of benzene rings is 3. The summed E-state index contributed by atoms with van der Waals surface area (Å²) in [6.07, 6.45) is 1.26. The Morgan fingerprint density at radius 3 is 2.43 bits per heavy atom. The van der Waals surface area contributed by atoms with Crippen molar-refractivity contribution in [3.05, 3.63) is 71.1 Å². The first-order chi connectivity index (χ1) is 13.6. The second-order valence-corrected chi connectivity index (χ2v) is 6.61. The number of nitrogens with one attached hydrogen (secondary N) is 2. The predicted octanol–water partition coefficient (Wildman–Crippen LogP) is 4.49. The molecule has 1 amide bonds. The van der Waals surface area contributed by atoms with Crippen molar-refractivity contribution in [1.82, 2.24) is 5.32 Å². The Kier molecular flexibility index (Phi) is 6.22. The average Bonchev–Trinajstić information content (AvgIpc) is 2.74. The molecule has 0 aromatic heterocycles. The maximum atomic E-state index is 12.7. The van der Waals surface area contributed by atoms with Gasteiger partial charge in [-0.1, -0.05) is 61.5 Å². The van der Waals surface area contributed by atoms with E-state index in [9.17, 15) is 14.8 Å². The van der Waals surface area contributed by atoms with Gasteiger partial charge in [-0.05, 0) is 23.2 Å². The Morgan fingerprint density at radius 1 is 1.07 bits per heavy atom. The molecular weight excluding hydrogens is 354 g/mol. The predicted molar refractivity (Wildman–Crippen MR) is 112 cm³/mol. The summed E-state index contributed by atoms with van der Waals surface area (Å²) in [5.41, 5.74) is 1.50. The number of nitroso groups, excluding NO2 is 1. The van der Waals surface area contributed by atoms with E-state index in [-0.39, 0.29) is 17.3 Å². The molecule has 3 aromatic carbocycles. The number of anilines is 1. The number of rotatable bonds is 8. The van der Waals surface area contributed by atoms with Crippen molar-refractivity contribution in [2.75, 3.05) is 11.9 Å². The summed E-state index contributed by atoms with van der Waals surface area (Å²) in [4.78, 5) is 24.0. The van der Waals surface area contributed by atoms with Crippen LogP contribution in [0.25, 0.3) is 10.8 Å². The third kappa shape index (κ3) is 4.28. The molecule has 3 rings (SSSR count). The van der Waals surface area contributed by atoms with Crippen LogP contribution < -0.4 is 10.6 Å². The molecule has 6 nitrogen and oxygen atoms in total. The molecule has 144 valence electrons. The zero-order chi connectivity index (χ0) is 19.9. The van der Waals surface area contributed by atoms with Gasteiger partial charge < -0.3 is 15.7 Å². The average molecular weight is 377 g/mol. The molecular formula is C22H23N3O3. The lowest BCUT2D eigenvalue weighted by Crippen LogP contribution is -2.41. The van der Waals surface area contributed by atoms with Gasteiger partial charge in [-0.2, -0.15) is 0 Å². The molecule has 0 saturated carbocycles. The number of phenols is 1. The van der Waals surface area contributed by atoms with Crippen molar-refractivity contribution in [2.24, 2.45) is 5.18 Å². The number of carbonyl (C=O) groups is 1. The third-order valence-electron chi connectivity index (χ3n) is 4.57. The maximum absolute atomic E-state index is 12.7. The summed E-state index contributed by atoms with van der Waals surface area (Å²) in [5.74, 6) is -0.178. The van der Waals surface area contributed by atoms with Gasteiger partial charge >= 0.3 is 0 Å². The van der Waals surface area contributed by atoms with Crippen LogP contribution in [0.2, 0.25) is 0 Å². The van der Waals surface area contributed by atoms with Gasteiger partial charge in [0.25, 0.3) is 0 Å². The van der Waals surface area contributed by atoms with Crippen LogP contribution in [0.15, 0.2) is 65.8 Å². The summed E-state index contributed by atoms with van der Waals surface area (Å²) in [5, 5.41) is 20.9. The van der Waals surface area contributed by atoms with Gasteiger partial charge in [0.1, 0.15) is 17.5 Å². The van der Waals surface area contributed by atoms with E-state index in [1.165, 1.54) is 6.07 Å². The van der Waals surface area contributed by atoms with E-state index < -0.39 is 6.04 Å². The zero-order valence-corrected chi connectivity index (χ0v) is 15.7. The summed E-state index contributed by atoms with van der Waals surface area (Å²) in [6.45, 7) is 2.55. The van der Waals surface area contributed by atoms with Gasteiger partial charge in [0.15, 0.2) is 0 Å². The monoisotopic (exact) mass is 377 g/mol. The van der Waals surface area contributed by atoms with Crippen LogP contribution in [0.1, 0.15) is 18.9 Å². The minimum absolute atomic E-state index is 0.00986. The third-order valence-corrected chi connectivity index (χ3v) is 4.57. The van der Waals surface area contributed by atoms with Crippen molar-refractivity contribution >= 4 is 28.1 Å². The van der Waals surface area contributed by atoms with Crippen LogP contribution in [0.5, 0.6) is 5.75 Å². The topological polar surface area (TPSA) is 90.8 Å². The van der Waals surface area contributed by atoms with Crippen LogP contribution in [0.4, 0.5) is 11.4 Å². The molecule has 0 fully saturated rings. The molecule has 0 spiro atoms. The fourth-order valence-electron chi connectivity index (χ4n) is 3.14. The Morgan fingerprint density at radius 2 is 1.75 bits per heavy atom. The largest absolute Gasteiger partial charge is 0.505 e. The van der Waals surface area contributed by atoms with E-state index in [2.05, 4.69) is 15.8 Å². The van der Waals surface area contributed by atoms with Crippen molar-refractivity contribution in [2.45, 2.75) is 25.8 Å². The molecule has 0 aliphatic heterocycles. The van der Waals surface area contributed by atoms with Gasteiger partial charge in [-0.15, -0.1) is 4.91 Å². The number of fused-ring (bicyclic) bond motifs is 1. The molecule has 0 aliphatic rings. The molecule has 0 radical (unpaired) electrons. The Labute approximate surface area is 163 Å². The smallest absolute Gasteiger partial charge is 0.242 e.